The third-order valence-electron chi connectivity index (χ3n) is 13.9. The monoisotopic (exact) mass is 946 g/mol. The molecule has 0 atom stereocenters. The number of hydrogen-bond donors (Lipinski definition) is 0. The first kappa shape index (κ1) is 42.7. The second-order valence-electron chi connectivity index (χ2n) is 18.2. The van der Waals surface area contributed by atoms with Gasteiger partial charge in [-0.3, -0.25) is 0 Å². The SMILES string of the molecule is c1ccc(-c2nc(-c3ccccc3)nc(-c3ccccc3-c3cccc4c5ccccc5n(-c5ccccc5-c5nc(-c6ccccc6)nc(-c6ccccc6-n6c7ccccc7c7ccccc76)n5)c34)n2)cc1. The highest BCUT2D eigenvalue weighted by Gasteiger charge is 2.24. The fourth-order valence-corrected chi connectivity index (χ4v) is 10.6. The molecule has 0 saturated heterocycles. The van der Waals surface area contributed by atoms with Crippen molar-refractivity contribution < 1.29 is 0 Å². The van der Waals surface area contributed by atoms with Gasteiger partial charge in [0, 0.05) is 60.5 Å². The van der Waals surface area contributed by atoms with Crippen molar-refractivity contribution in [2.75, 3.05) is 0 Å². The molecule has 0 aliphatic rings. The smallest absolute Gasteiger partial charge is 0.166 e. The molecule has 14 rings (SSSR count). The number of rotatable bonds is 9. The zero-order chi connectivity index (χ0) is 49.0. The third kappa shape index (κ3) is 7.23. The minimum atomic E-state index is 0.553. The van der Waals surface area contributed by atoms with Crippen molar-refractivity contribution in [3.63, 3.8) is 0 Å². The molecule has 0 spiro atoms. The minimum Gasteiger partial charge on any atom is -0.309 e. The molecular formula is C66H42N8. The van der Waals surface area contributed by atoms with E-state index in [0.717, 1.165) is 88.7 Å². The summed E-state index contributed by atoms with van der Waals surface area (Å²) < 4.78 is 4.71. The fraction of sp³-hybridized carbons (Fsp3) is 0. The van der Waals surface area contributed by atoms with Crippen molar-refractivity contribution in [2.45, 2.75) is 0 Å². The summed E-state index contributed by atoms with van der Waals surface area (Å²) >= 11 is 0. The van der Waals surface area contributed by atoms with E-state index in [0.29, 0.717) is 34.9 Å². The lowest BCUT2D eigenvalue weighted by Gasteiger charge is -2.18. The van der Waals surface area contributed by atoms with Crippen LogP contribution in [0.4, 0.5) is 0 Å². The van der Waals surface area contributed by atoms with Gasteiger partial charge >= 0.3 is 0 Å². The molecule has 0 bridgehead atoms. The van der Waals surface area contributed by atoms with E-state index in [9.17, 15) is 0 Å². The van der Waals surface area contributed by atoms with Crippen LogP contribution < -0.4 is 0 Å². The molecular weight excluding hydrogens is 905 g/mol. The first-order valence-corrected chi connectivity index (χ1v) is 24.7. The summed E-state index contributed by atoms with van der Waals surface area (Å²) in [5.74, 6) is 3.50. The summed E-state index contributed by atoms with van der Waals surface area (Å²) in [6.45, 7) is 0. The molecule has 0 fully saturated rings. The molecule has 0 aliphatic heterocycles. The molecule has 0 saturated carbocycles. The highest BCUT2D eigenvalue weighted by atomic mass is 15.1. The Balaban J connectivity index is 0.997. The Labute approximate surface area is 426 Å². The second-order valence-corrected chi connectivity index (χ2v) is 18.2. The molecule has 346 valence electrons. The van der Waals surface area contributed by atoms with Crippen LogP contribution in [-0.4, -0.2) is 39.0 Å². The topological polar surface area (TPSA) is 87.2 Å². The average Bonchev–Trinajstić information content (AvgIpc) is 4.04. The van der Waals surface area contributed by atoms with Gasteiger partial charge in [0.25, 0.3) is 0 Å². The molecule has 0 amide bonds. The molecule has 8 heteroatoms. The van der Waals surface area contributed by atoms with Crippen LogP contribution in [0.3, 0.4) is 0 Å². The van der Waals surface area contributed by atoms with Gasteiger partial charge in [-0.2, -0.15) is 0 Å². The molecule has 0 radical (unpaired) electrons. The van der Waals surface area contributed by atoms with Crippen molar-refractivity contribution in [1.82, 2.24) is 39.0 Å². The van der Waals surface area contributed by atoms with Gasteiger partial charge in [-0.05, 0) is 48.0 Å². The van der Waals surface area contributed by atoms with Crippen molar-refractivity contribution >= 4 is 43.6 Å². The highest BCUT2D eigenvalue weighted by molar-refractivity contribution is 6.15. The van der Waals surface area contributed by atoms with Crippen LogP contribution in [0.15, 0.2) is 255 Å². The predicted molar refractivity (Wildman–Crippen MR) is 300 cm³/mol. The van der Waals surface area contributed by atoms with Gasteiger partial charge in [-0.15, -0.1) is 0 Å². The summed E-state index contributed by atoms with van der Waals surface area (Å²) in [7, 11) is 0. The first-order valence-electron chi connectivity index (χ1n) is 24.7. The van der Waals surface area contributed by atoms with Crippen molar-refractivity contribution in [3.8, 4) is 90.8 Å². The third-order valence-corrected chi connectivity index (χ3v) is 13.9. The summed E-state index contributed by atoms with van der Waals surface area (Å²) in [5, 5.41) is 4.60. The maximum atomic E-state index is 5.49. The van der Waals surface area contributed by atoms with Crippen LogP contribution in [0.5, 0.6) is 0 Å². The van der Waals surface area contributed by atoms with Crippen LogP contribution in [0, 0.1) is 0 Å². The number of para-hydroxylation sites is 6. The fourth-order valence-electron chi connectivity index (χ4n) is 10.6. The van der Waals surface area contributed by atoms with Crippen LogP contribution in [0.25, 0.3) is 134 Å². The van der Waals surface area contributed by atoms with Crippen LogP contribution in [0.2, 0.25) is 0 Å². The van der Waals surface area contributed by atoms with E-state index >= 15 is 0 Å². The van der Waals surface area contributed by atoms with E-state index in [1.807, 2.05) is 78.9 Å². The quantitative estimate of drug-likeness (QED) is 0.143. The van der Waals surface area contributed by atoms with E-state index in [1.165, 1.54) is 10.8 Å². The Hall–Kier alpha value is -10.2. The Morgan fingerprint density at radius 1 is 0.203 bits per heavy atom. The van der Waals surface area contributed by atoms with Crippen molar-refractivity contribution in [1.29, 1.82) is 0 Å². The van der Waals surface area contributed by atoms with Crippen LogP contribution in [0.1, 0.15) is 0 Å². The van der Waals surface area contributed by atoms with E-state index in [2.05, 4.69) is 185 Å². The summed E-state index contributed by atoms with van der Waals surface area (Å²) in [6, 6.07) is 88.1. The lowest BCUT2D eigenvalue weighted by Crippen LogP contribution is -2.05. The van der Waals surface area contributed by atoms with Crippen molar-refractivity contribution in [2.24, 2.45) is 0 Å². The number of aromatic nitrogens is 8. The Bertz CT molecular complexity index is 4320. The molecule has 0 aliphatic carbocycles. The van der Waals surface area contributed by atoms with E-state index < -0.39 is 0 Å². The van der Waals surface area contributed by atoms with E-state index in [1.54, 1.807) is 0 Å². The molecule has 74 heavy (non-hydrogen) atoms. The summed E-state index contributed by atoms with van der Waals surface area (Å²) in [5.41, 5.74) is 13.6. The summed E-state index contributed by atoms with van der Waals surface area (Å²) in [6.07, 6.45) is 0. The van der Waals surface area contributed by atoms with Crippen LogP contribution >= 0.6 is 0 Å². The zero-order valence-corrected chi connectivity index (χ0v) is 39.8. The number of benzene rings is 10. The second kappa shape index (κ2) is 17.9. The lowest BCUT2D eigenvalue weighted by atomic mass is 9.96. The van der Waals surface area contributed by atoms with E-state index in [-0.39, 0.29) is 0 Å². The van der Waals surface area contributed by atoms with Gasteiger partial charge in [0.2, 0.25) is 0 Å². The molecule has 8 nitrogen and oxygen atoms in total. The van der Waals surface area contributed by atoms with E-state index in [4.69, 9.17) is 29.9 Å². The maximum absolute atomic E-state index is 5.49. The summed E-state index contributed by atoms with van der Waals surface area (Å²) in [4.78, 5) is 31.6. The number of fused-ring (bicyclic) bond motifs is 6. The van der Waals surface area contributed by atoms with Gasteiger partial charge in [-0.25, -0.2) is 29.9 Å². The van der Waals surface area contributed by atoms with Crippen LogP contribution in [-0.2, 0) is 0 Å². The minimum absolute atomic E-state index is 0.553. The Morgan fingerprint density at radius 3 is 1.01 bits per heavy atom. The molecule has 4 aromatic heterocycles. The molecule has 10 aromatic carbocycles. The maximum Gasteiger partial charge on any atom is 0.166 e. The molecule has 14 aromatic rings. The largest absolute Gasteiger partial charge is 0.309 e. The lowest BCUT2D eigenvalue weighted by molar-refractivity contribution is 1.06. The average molecular weight is 947 g/mol. The van der Waals surface area contributed by atoms with Gasteiger partial charge in [-0.1, -0.05) is 212 Å². The molecule has 4 heterocycles. The first-order chi connectivity index (χ1) is 36.7. The van der Waals surface area contributed by atoms with Gasteiger partial charge in [0.1, 0.15) is 0 Å². The number of hydrogen-bond acceptors (Lipinski definition) is 6. The van der Waals surface area contributed by atoms with Gasteiger partial charge in [0.05, 0.1) is 33.4 Å². The molecule has 0 unspecified atom stereocenters. The van der Waals surface area contributed by atoms with Gasteiger partial charge < -0.3 is 9.13 Å². The Kier molecular flexibility index (Phi) is 10.3. The number of nitrogens with zero attached hydrogens (tertiary/aromatic N) is 8. The van der Waals surface area contributed by atoms with Crippen molar-refractivity contribution in [3.05, 3.63) is 255 Å². The normalized spacial score (nSPS) is 11.5. The standard InChI is InChI=1S/C66H42N8/c1-4-23-43(24-5-1)61-67-62(44-25-6-2-7-26-44)69-64(68-61)52-33-11-10-29-46(52)50-36-22-37-51-49-32-14-19-40-57(49)74(60(50)51)59-42-21-16-35-54(59)66-71-63(45-27-8-3-9-28-45)70-65(72-66)53-34-15-20-41-58(53)73-55-38-17-12-30-47(55)48-31-13-18-39-56(48)73/h1-42H. The van der Waals surface area contributed by atoms with Gasteiger partial charge in [0.15, 0.2) is 34.9 Å². The molecule has 0 N–H and O–H groups in total. The highest BCUT2D eigenvalue weighted by Crippen LogP contribution is 2.43. The predicted octanol–water partition coefficient (Wildman–Crippen LogP) is 15.9. The Morgan fingerprint density at radius 2 is 0.514 bits per heavy atom. The zero-order valence-electron chi connectivity index (χ0n) is 39.8.